The average molecular weight is 257 g/mol. The Morgan fingerprint density at radius 1 is 1.43 bits per heavy atom. The molecule has 0 N–H and O–H groups in total. The number of aryl methyl sites for hydroxylation is 1. The lowest BCUT2D eigenvalue weighted by Crippen LogP contribution is -2.24. The monoisotopic (exact) mass is 256 g/mol. The fourth-order valence-electron chi connectivity index (χ4n) is 1.43. The molecule has 0 bridgehead atoms. The summed E-state index contributed by atoms with van der Waals surface area (Å²) in [5.41, 5.74) is 1.24. The van der Waals surface area contributed by atoms with E-state index in [-0.39, 0.29) is 0 Å². The molecular weight excluding hydrogens is 240 g/mol. The van der Waals surface area contributed by atoms with Crippen LogP contribution in [0, 0.1) is 6.92 Å². The summed E-state index contributed by atoms with van der Waals surface area (Å²) >= 11 is 3.59. The maximum atomic E-state index is 4.41. The predicted molar refractivity (Wildman–Crippen MR) is 64.9 cm³/mol. The van der Waals surface area contributed by atoms with Crippen molar-refractivity contribution in [1.82, 2.24) is 4.98 Å². The number of aromatic nitrogens is 1. The molecule has 14 heavy (non-hydrogen) atoms. The van der Waals surface area contributed by atoms with Crippen LogP contribution in [0.15, 0.2) is 16.7 Å². The molecule has 0 aliphatic rings. The number of anilines is 1. The van der Waals surface area contributed by atoms with Crippen LogP contribution in [-0.2, 0) is 0 Å². The summed E-state index contributed by atoms with van der Waals surface area (Å²) in [5, 5.41) is 0. The Morgan fingerprint density at radius 3 is 2.71 bits per heavy atom. The Balaban J connectivity index is 2.97. The van der Waals surface area contributed by atoms with Crippen molar-refractivity contribution in [1.29, 1.82) is 0 Å². The third-order valence-electron chi connectivity index (χ3n) is 2.24. The molecule has 0 spiro atoms. The highest BCUT2D eigenvalue weighted by Crippen LogP contribution is 2.26. The van der Waals surface area contributed by atoms with E-state index in [0.717, 1.165) is 29.8 Å². The highest BCUT2D eigenvalue weighted by molar-refractivity contribution is 9.10. The fraction of sp³-hybridized carbons (Fsp3) is 0.545. The standard InChI is InChI=1S/C11H17BrN2/c1-4-8-14(5-2)11-10(12)9(3)6-7-13-11/h6-7H,4-5,8H2,1-3H3. The normalized spacial score (nSPS) is 10.3. The van der Waals surface area contributed by atoms with Crippen LogP contribution in [0.1, 0.15) is 25.8 Å². The Hall–Kier alpha value is -0.570. The van der Waals surface area contributed by atoms with Crippen LogP contribution in [0.4, 0.5) is 5.82 Å². The fourth-order valence-corrected chi connectivity index (χ4v) is 1.92. The predicted octanol–water partition coefficient (Wildman–Crippen LogP) is 3.39. The first kappa shape index (κ1) is 11.5. The van der Waals surface area contributed by atoms with Gasteiger partial charge in [0.05, 0.1) is 4.47 Å². The van der Waals surface area contributed by atoms with Crippen LogP contribution in [0.2, 0.25) is 0 Å². The van der Waals surface area contributed by atoms with Gasteiger partial charge in [0.1, 0.15) is 5.82 Å². The van der Waals surface area contributed by atoms with Gasteiger partial charge in [-0.1, -0.05) is 6.92 Å². The Bertz CT molecular complexity index is 299. The zero-order chi connectivity index (χ0) is 10.6. The molecular formula is C11H17BrN2. The van der Waals surface area contributed by atoms with Crippen molar-refractivity contribution >= 4 is 21.7 Å². The smallest absolute Gasteiger partial charge is 0.143 e. The molecule has 1 aromatic heterocycles. The van der Waals surface area contributed by atoms with E-state index < -0.39 is 0 Å². The van der Waals surface area contributed by atoms with Crippen molar-refractivity contribution in [3.8, 4) is 0 Å². The van der Waals surface area contributed by atoms with Gasteiger partial charge in [0.25, 0.3) is 0 Å². The first-order valence-corrected chi connectivity index (χ1v) is 5.86. The molecule has 0 saturated carbocycles. The minimum absolute atomic E-state index is 1.00. The van der Waals surface area contributed by atoms with E-state index in [1.54, 1.807) is 0 Å². The van der Waals surface area contributed by atoms with Crippen molar-refractivity contribution < 1.29 is 0 Å². The number of hydrogen-bond acceptors (Lipinski definition) is 2. The van der Waals surface area contributed by atoms with Gasteiger partial charge in [-0.3, -0.25) is 0 Å². The summed E-state index contributed by atoms with van der Waals surface area (Å²) < 4.78 is 1.12. The van der Waals surface area contributed by atoms with Gasteiger partial charge in [0.2, 0.25) is 0 Å². The van der Waals surface area contributed by atoms with Gasteiger partial charge in [-0.05, 0) is 47.8 Å². The van der Waals surface area contributed by atoms with E-state index in [2.05, 4.69) is 46.6 Å². The second-order valence-corrected chi connectivity index (χ2v) is 4.14. The summed E-state index contributed by atoms with van der Waals surface area (Å²) in [6, 6.07) is 2.02. The summed E-state index contributed by atoms with van der Waals surface area (Å²) in [6.45, 7) is 8.50. The molecule has 0 amide bonds. The van der Waals surface area contributed by atoms with Crippen molar-refractivity contribution in [2.45, 2.75) is 27.2 Å². The number of rotatable bonds is 4. The maximum Gasteiger partial charge on any atom is 0.143 e. The lowest BCUT2D eigenvalue weighted by Gasteiger charge is -2.22. The van der Waals surface area contributed by atoms with Crippen LogP contribution in [0.3, 0.4) is 0 Å². The second kappa shape index (κ2) is 5.35. The molecule has 0 fully saturated rings. The molecule has 1 aromatic rings. The summed E-state index contributed by atoms with van der Waals surface area (Å²) in [6.07, 6.45) is 3.02. The number of halogens is 1. The number of pyridine rings is 1. The van der Waals surface area contributed by atoms with Crippen LogP contribution in [0.25, 0.3) is 0 Å². The first-order chi connectivity index (χ1) is 6.70. The quantitative estimate of drug-likeness (QED) is 0.821. The number of nitrogens with zero attached hydrogens (tertiary/aromatic N) is 2. The van der Waals surface area contributed by atoms with Crippen molar-refractivity contribution in [3.05, 3.63) is 22.3 Å². The molecule has 3 heteroatoms. The first-order valence-electron chi connectivity index (χ1n) is 5.06. The molecule has 0 saturated heterocycles. The second-order valence-electron chi connectivity index (χ2n) is 3.35. The third kappa shape index (κ3) is 2.47. The van der Waals surface area contributed by atoms with Crippen molar-refractivity contribution in [2.24, 2.45) is 0 Å². The van der Waals surface area contributed by atoms with Gasteiger partial charge in [-0.25, -0.2) is 4.98 Å². The van der Waals surface area contributed by atoms with Crippen LogP contribution < -0.4 is 4.90 Å². The molecule has 2 nitrogen and oxygen atoms in total. The summed E-state index contributed by atoms with van der Waals surface area (Å²) in [5.74, 6) is 1.06. The van der Waals surface area contributed by atoms with Crippen molar-refractivity contribution in [3.63, 3.8) is 0 Å². The highest BCUT2D eigenvalue weighted by Gasteiger charge is 2.09. The minimum atomic E-state index is 1.00. The van der Waals surface area contributed by atoms with E-state index in [0.29, 0.717) is 0 Å². The molecule has 0 aromatic carbocycles. The molecule has 0 atom stereocenters. The van der Waals surface area contributed by atoms with Gasteiger partial charge in [-0.15, -0.1) is 0 Å². The van der Waals surface area contributed by atoms with Gasteiger partial charge >= 0.3 is 0 Å². The lowest BCUT2D eigenvalue weighted by atomic mass is 10.3. The number of hydrogen-bond donors (Lipinski definition) is 0. The zero-order valence-electron chi connectivity index (χ0n) is 9.05. The van der Waals surface area contributed by atoms with E-state index in [1.807, 2.05) is 12.3 Å². The summed E-state index contributed by atoms with van der Waals surface area (Å²) in [7, 11) is 0. The average Bonchev–Trinajstić information content (AvgIpc) is 2.19. The third-order valence-corrected chi connectivity index (χ3v) is 3.22. The largest absolute Gasteiger partial charge is 0.356 e. The molecule has 0 aliphatic carbocycles. The molecule has 0 aliphatic heterocycles. The molecule has 1 heterocycles. The summed E-state index contributed by atoms with van der Waals surface area (Å²) in [4.78, 5) is 6.70. The minimum Gasteiger partial charge on any atom is -0.356 e. The van der Waals surface area contributed by atoms with Gasteiger partial charge in [0, 0.05) is 19.3 Å². The van der Waals surface area contributed by atoms with E-state index in [1.165, 1.54) is 5.56 Å². The SMILES string of the molecule is CCCN(CC)c1nccc(C)c1Br. The maximum absolute atomic E-state index is 4.41. The topological polar surface area (TPSA) is 16.1 Å². The van der Waals surface area contributed by atoms with Crippen LogP contribution in [-0.4, -0.2) is 18.1 Å². The molecule has 78 valence electrons. The van der Waals surface area contributed by atoms with Crippen LogP contribution in [0.5, 0.6) is 0 Å². The Kier molecular flexibility index (Phi) is 4.39. The van der Waals surface area contributed by atoms with Crippen molar-refractivity contribution in [2.75, 3.05) is 18.0 Å². The Labute approximate surface area is 94.5 Å². The van der Waals surface area contributed by atoms with Gasteiger partial charge < -0.3 is 4.90 Å². The Morgan fingerprint density at radius 2 is 2.14 bits per heavy atom. The van der Waals surface area contributed by atoms with Gasteiger partial charge in [-0.2, -0.15) is 0 Å². The van der Waals surface area contributed by atoms with E-state index >= 15 is 0 Å². The molecule has 0 unspecified atom stereocenters. The van der Waals surface area contributed by atoms with Gasteiger partial charge in [0.15, 0.2) is 0 Å². The zero-order valence-corrected chi connectivity index (χ0v) is 10.6. The van der Waals surface area contributed by atoms with E-state index in [4.69, 9.17) is 0 Å². The molecule has 0 radical (unpaired) electrons. The van der Waals surface area contributed by atoms with E-state index in [9.17, 15) is 0 Å². The highest BCUT2D eigenvalue weighted by atomic mass is 79.9. The van der Waals surface area contributed by atoms with Crippen LogP contribution >= 0.6 is 15.9 Å². The molecule has 1 rings (SSSR count). The lowest BCUT2D eigenvalue weighted by molar-refractivity contribution is 0.775.